The Morgan fingerprint density at radius 3 is 2.56 bits per heavy atom. The number of H-pyrrole nitrogens is 1. The Bertz CT molecular complexity index is 1170. The number of aromatic amines is 1. The minimum Gasteiger partial charge on any atom is -0.461 e. The molecule has 1 amide bonds. The van der Waals surface area contributed by atoms with E-state index in [1.807, 2.05) is 18.2 Å². The summed E-state index contributed by atoms with van der Waals surface area (Å²) in [6.45, 7) is 6.20. The fourth-order valence-electron chi connectivity index (χ4n) is 4.06. The lowest BCUT2D eigenvalue weighted by atomic mass is 10.2. The van der Waals surface area contributed by atoms with Crippen LogP contribution in [0.3, 0.4) is 0 Å². The predicted molar refractivity (Wildman–Crippen MR) is 131 cm³/mol. The molecule has 2 N–H and O–H groups in total. The van der Waals surface area contributed by atoms with Gasteiger partial charge in [-0.3, -0.25) is 14.6 Å². The van der Waals surface area contributed by atoms with Crippen molar-refractivity contribution in [1.29, 1.82) is 0 Å². The van der Waals surface area contributed by atoms with Gasteiger partial charge in [-0.1, -0.05) is 42.5 Å². The van der Waals surface area contributed by atoms with Gasteiger partial charge in [0.25, 0.3) is 0 Å². The second kappa shape index (κ2) is 11.1. The second-order valence-corrected chi connectivity index (χ2v) is 8.22. The predicted octanol–water partition coefficient (Wildman–Crippen LogP) is 3.75. The van der Waals surface area contributed by atoms with Crippen LogP contribution < -0.4 is 5.32 Å². The zero-order valence-corrected chi connectivity index (χ0v) is 19.2. The molecule has 4 rings (SSSR count). The Kier molecular flexibility index (Phi) is 7.72. The van der Waals surface area contributed by atoms with Crippen LogP contribution in [0.1, 0.15) is 23.0 Å². The quantitative estimate of drug-likeness (QED) is 0.497. The highest BCUT2D eigenvalue weighted by molar-refractivity contribution is 6.11. The Morgan fingerprint density at radius 1 is 1.09 bits per heavy atom. The first-order chi connectivity index (χ1) is 16.5. The summed E-state index contributed by atoms with van der Waals surface area (Å²) in [5, 5.41) is 3.24. The van der Waals surface area contributed by atoms with Crippen LogP contribution in [0.15, 0.2) is 54.6 Å². The molecular formula is C26H29FN4O3. The minimum atomic E-state index is -0.591. The smallest absolute Gasteiger partial charge is 0.356 e. The van der Waals surface area contributed by atoms with Crippen LogP contribution in [0, 0.1) is 5.82 Å². The molecule has 7 nitrogen and oxygen atoms in total. The lowest BCUT2D eigenvalue weighted by Gasteiger charge is -2.33. The number of benzene rings is 2. The average Bonchev–Trinajstić information content (AvgIpc) is 3.18. The number of anilines is 1. The number of rotatable bonds is 8. The summed E-state index contributed by atoms with van der Waals surface area (Å²) in [6.07, 6.45) is 4.27. The fourth-order valence-corrected chi connectivity index (χ4v) is 4.06. The van der Waals surface area contributed by atoms with Crippen molar-refractivity contribution in [3.63, 3.8) is 0 Å². The topological polar surface area (TPSA) is 77.7 Å². The Morgan fingerprint density at radius 2 is 1.82 bits per heavy atom. The van der Waals surface area contributed by atoms with Crippen LogP contribution in [0.2, 0.25) is 0 Å². The molecule has 1 aliphatic rings. The maximum Gasteiger partial charge on any atom is 0.356 e. The van der Waals surface area contributed by atoms with Crippen LogP contribution in [0.5, 0.6) is 0 Å². The third-order valence-corrected chi connectivity index (χ3v) is 5.81. The normalized spacial score (nSPS) is 15.1. The van der Waals surface area contributed by atoms with Crippen molar-refractivity contribution in [2.45, 2.75) is 6.92 Å². The van der Waals surface area contributed by atoms with Crippen molar-refractivity contribution in [3.05, 3.63) is 71.7 Å². The number of nitrogens with one attached hydrogen (secondary N) is 2. The number of aromatic nitrogens is 1. The summed E-state index contributed by atoms with van der Waals surface area (Å²) >= 11 is 0. The molecule has 0 atom stereocenters. The number of fused-ring (bicyclic) bond motifs is 1. The number of nitrogens with zero attached hydrogens (tertiary/aromatic N) is 2. The molecule has 0 unspecified atom stereocenters. The second-order valence-electron chi connectivity index (χ2n) is 8.22. The molecule has 0 spiro atoms. The van der Waals surface area contributed by atoms with E-state index in [9.17, 15) is 14.0 Å². The molecular weight excluding hydrogens is 435 g/mol. The van der Waals surface area contributed by atoms with Crippen molar-refractivity contribution < 1.29 is 18.7 Å². The van der Waals surface area contributed by atoms with E-state index >= 15 is 0 Å². The van der Waals surface area contributed by atoms with Gasteiger partial charge in [0, 0.05) is 43.6 Å². The van der Waals surface area contributed by atoms with E-state index in [1.54, 1.807) is 6.92 Å². The van der Waals surface area contributed by atoms with Crippen LogP contribution in [-0.2, 0) is 9.53 Å². The summed E-state index contributed by atoms with van der Waals surface area (Å²) in [5.74, 6) is -1.30. The lowest BCUT2D eigenvalue weighted by Crippen LogP contribution is -2.48. The first kappa shape index (κ1) is 23.7. The third kappa shape index (κ3) is 5.89. The summed E-state index contributed by atoms with van der Waals surface area (Å²) in [6, 6.07) is 14.3. The number of hydrogen-bond acceptors (Lipinski definition) is 5. The van der Waals surface area contributed by atoms with Gasteiger partial charge < -0.3 is 15.0 Å². The van der Waals surface area contributed by atoms with E-state index in [2.05, 4.69) is 44.4 Å². The number of carbonyl (C=O) groups is 2. The monoisotopic (exact) mass is 464 g/mol. The molecule has 1 fully saturated rings. The Hall–Kier alpha value is -3.49. The molecule has 178 valence electrons. The lowest BCUT2D eigenvalue weighted by molar-refractivity contribution is -0.117. The zero-order valence-electron chi connectivity index (χ0n) is 19.2. The standard InChI is InChI=1S/C26H29FN4O3/c1-2-34-26(33)25-24(21-17-20(27)10-11-22(21)28-25)29-23(32)18-31-15-13-30(14-16-31)12-6-9-19-7-4-3-5-8-19/h3-11,17,28H,2,12-16,18H2,1H3,(H,29,32)/b9-6+. The van der Waals surface area contributed by atoms with Crippen LogP contribution in [0.25, 0.3) is 17.0 Å². The maximum atomic E-state index is 13.8. The highest BCUT2D eigenvalue weighted by atomic mass is 19.1. The fraction of sp³-hybridized carbons (Fsp3) is 0.308. The van der Waals surface area contributed by atoms with Crippen molar-refractivity contribution >= 4 is 34.5 Å². The highest BCUT2D eigenvalue weighted by Crippen LogP contribution is 2.29. The van der Waals surface area contributed by atoms with Crippen LogP contribution >= 0.6 is 0 Å². The summed E-state index contributed by atoms with van der Waals surface area (Å²) in [7, 11) is 0. The SMILES string of the molecule is CCOC(=O)c1[nH]c2ccc(F)cc2c1NC(=O)CN1CCN(C/C=C/c2ccccc2)CC1. The van der Waals surface area contributed by atoms with Gasteiger partial charge in [-0.05, 0) is 30.7 Å². The van der Waals surface area contributed by atoms with E-state index in [0.29, 0.717) is 10.9 Å². The summed E-state index contributed by atoms with van der Waals surface area (Å²) in [5.41, 5.74) is 2.10. The number of piperazine rings is 1. The third-order valence-electron chi connectivity index (χ3n) is 5.81. The Labute approximate surface area is 198 Å². The molecule has 2 aromatic carbocycles. The first-order valence-electron chi connectivity index (χ1n) is 11.5. The Balaban J connectivity index is 1.33. The molecule has 3 aromatic rings. The van der Waals surface area contributed by atoms with Crippen LogP contribution in [-0.4, -0.2) is 72.5 Å². The van der Waals surface area contributed by atoms with E-state index in [0.717, 1.165) is 32.7 Å². The van der Waals surface area contributed by atoms with Gasteiger partial charge in [0.2, 0.25) is 5.91 Å². The van der Waals surface area contributed by atoms with Crippen LogP contribution in [0.4, 0.5) is 10.1 Å². The number of hydrogen-bond donors (Lipinski definition) is 2. The molecule has 2 heterocycles. The molecule has 0 aliphatic carbocycles. The van der Waals surface area contributed by atoms with Gasteiger partial charge in [0.05, 0.1) is 18.8 Å². The van der Waals surface area contributed by atoms with E-state index < -0.39 is 11.8 Å². The molecule has 8 heteroatoms. The number of halogens is 1. The molecule has 1 aromatic heterocycles. The van der Waals surface area contributed by atoms with Gasteiger partial charge in [0.15, 0.2) is 0 Å². The van der Waals surface area contributed by atoms with Gasteiger partial charge in [0.1, 0.15) is 11.5 Å². The number of ether oxygens (including phenoxy) is 1. The number of esters is 1. The summed E-state index contributed by atoms with van der Waals surface area (Å²) < 4.78 is 18.9. The maximum absolute atomic E-state index is 13.8. The van der Waals surface area contributed by atoms with Gasteiger partial charge in [-0.25, -0.2) is 9.18 Å². The van der Waals surface area contributed by atoms with Crippen molar-refractivity contribution in [3.8, 4) is 0 Å². The van der Waals surface area contributed by atoms with Gasteiger partial charge >= 0.3 is 5.97 Å². The molecule has 0 radical (unpaired) electrons. The van der Waals surface area contributed by atoms with E-state index in [4.69, 9.17) is 4.74 Å². The minimum absolute atomic E-state index is 0.117. The number of carbonyl (C=O) groups excluding carboxylic acids is 2. The van der Waals surface area contributed by atoms with Crippen molar-refractivity contribution in [2.24, 2.45) is 0 Å². The van der Waals surface area contributed by atoms with Gasteiger partial charge in [-0.2, -0.15) is 0 Å². The molecule has 0 bridgehead atoms. The zero-order chi connectivity index (χ0) is 23.9. The summed E-state index contributed by atoms with van der Waals surface area (Å²) in [4.78, 5) is 32.6. The molecule has 1 saturated heterocycles. The highest BCUT2D eigenvalue weighted by Gasteiger charge is 2.23. The van der Waals surface area contributed by atoms with Gasteiger partial charge in [-0.15, -0.1) is 0 Å². The number of amides is 1. The molecule has 1 aliphatic heterocycles. The van der Waals surface area contributed by atoms with E-state index in [1.165, 1.54) is 23.8 Å². The molecule has 34 heavy (non-hydrogen) atoms. The first-order valence-corrected chi connectivity index (χ1v) is 11.5. The van der Waals surface area contributed by atoms with Crippen molar-refractivity contribution in [1.82, 2.24) is 14.8 Å². The van der Waals surface area contributed by atoms with E-state index in [-0.39, 0.29) is 30.4 Å². The largest absolute Gasteiger partial charge is 0.461 e. The van der Waals surface area contributed by atoms with Crippen molar-refractivity contribution in [2.75, 3.05) is 51.2 Å². The molecule has 0 saturated carbocycles. The average molecular weight is 465 g/mol.